The van der Waals surface area contributed by atoms with Crippen LogP contribution in [-0.2, 0) is 27.2 Å². The van der Waals surface area contributed by atoms with Gasteiger partial charge in [0, 0.05) is 31.1 Å². The van der Waals surface area contributed by atoms with Crippen molar-refractivity contribution in [3.63, 3.8) is 0 Å². The molecule has 2 aliphatic heterocycles. The number of carbonyl (C=O) groups excluding carboxylic acids is 2. The van der Waals surface area contributed by atoms with Gasteiger partial charge in [0.1, 0.15) is 6.79 Å². The topological polar surface area (TPSA) is 58.6 Å². The zero-order chi connectivity index (χ0) is 27.1. The first-order valence-electron chi connectivity index (χ1n) is 13.5. The van der Waals surface area contributed by atoms with Crippen molar-refractivity contribution in [2.24, 2.45) is 11.8 Å². The number of alkyl halides is 3. The fourth-order valence-corrected chi connectivity index (χ4v) is 6.82. The molecule has 2 heterocycles. The van der Waals surface area contributed by atoms with Crippen LogP contribution in [-0.4, -0.2) is 61.7 Å². The number of morpholine rings is 1. The third-order valence-electron chi connectivity index (χ3n) is 8.59. The molecule has 37 heavy (non-hydrogen) atoms. The molecule has 0 spiro atoms. The van der Waals surface area contributed by atoms with Gasteiger partial charge < -0.3 is 14.8 Å². The van der Waals surface area contributed by atoms with Gasteiger partial charge in [-0.2, -0.15) is 13.2 Å². The van der Waals surface area contributed by atoms with Gasteiger partial charge in [-0.3, -0.25) is 9.69 Å². The van der Waals surface area contributed by atoms with Crippen LogP contribution in [0.15, 0.2) is 24.3 Å². The van der Waals surface area contributed by atoms with Crippen LogP contribution in [0.1, 0.15) is 69.1 Å². The van der Waals surface area contributed by atoms with Crippen molar-refractivity contribution in [2.75, 3.05) is 19.7 Å². The second kappa shape index (κ2) is 13.1. The van der Waals surface area contributed by atoms with Crippen LogP contribution in [0.5, 0.6) is 0 Å². The van der Waals surface area contributed by atoms with Crippen LogP contribution in [0.4, 0.5) is 13.2 Å². The molecule has 8 heteroatoms. The van der Waals surface area contributed by atoms with Crippen LogP contribution < -0.4 is 5.32 Å². The van der Waals surface area contributed by atoms with Gasteiger partial charge in [0.05, 0.1) is 12.7 Å². The van der Waals surface area contributed by atoms with Crippen molar-refractivity contribution in [2.45, 2.75) is 89.1 Å². The number of fused-ring (bicyclic) bond motifs is 5. The maximum absolute atomic E-state index is 11.3. The Morgan fingerprint density at radius 2 is 1.86 bits per heavy atom. The number of rotatable bonds is 7. The first-order chi connectivity index (χ1) is 17.8. The lowest BCUT2D eigenvalue weighted by Gasteiger charge is -2.38. The highest BCUT2D eigenvalue weighted by Crippen LogP contribution is 2.48. The zero-order valence-electron chi connectivity index (χ0n) is 22.1. The highest BCUT2D eigenvalue weighted by Gasteiger charge is 2.50. The maximum Gasteiger partial charge on any atom is 0.389 e. The van der Waals surface area contributed by atoms with E-state index in [4.69, 9.17) is 9.53 Å². The van der Waals surface area contributed by atoms with Crippen LogP contribution >= 0.6 is 0 Å². The third-order valence-corrected chi connectivity index (χ3v) is 8.59. The Bertz CT molecular complexity index is 922. The van der Waals surface area contributed by atoms with E-state index in [9.17, 15) is 18.0 Å². The van der Waals surface area contributed by atoms with E-state index in [2.05, 4.69) is 47.5 Å². The van der Waals surface area contributed by atoms with E-state index >= 15 is 0 Å². The summed E-state index contributed by atoms with van der Waals surface area (Å²) in [5.74, 6) is 1.14. The van der Waals surface area contributed by atoms with Gasteiger partial charge in [-0.15, -0.1) is 0 Å². The average Bonchev–Trinajstić information content (AvgIpc) is 3.54. The van der Waals surface area contributed by atoms with Gasteiger partial charge in [-0.1, -0.05) is 44.2 Å². The molecule has 5 atom stereocenters. The molecule has 2 unspecified atom stereocenters. The maximum atomic E-state index is 11.3. The monoisotopic (exact) mass is 522 g/mol. The highest BCUT2D eigenvalue weighted by molar-refractivity contribution is 5.53. The lowest BCUT2D eigenvalue weighted by molar-refractivity contribution is -0.134. The van der Waals surface area contributed by atoms with E-state index in [0.717, 1.165) is 45.4 Å². The van der Waals surface area contributed by atoms with E-state index in [1.54, 1.807) is 0 Å². The van der Waals surface area contributed by atoms with Gasteiger partial charge in [-0.25, -0.2) is 0 Å². The van der Waals surface area contributed by atoms with Crippen molar-refractivity contribution < 1.29 is 27.5 Å². The number of likely N-dealkylation sites (tertiary alicyclic amines) is 1. The summed E-state index contributed by atoms with van der Waals surface area (Å²) >= 11 is 0. The number of hydrogen-bond acceptors (Lipinski definition) is 4. The quantitative estimate of drug-likeness (QED) is 0.490. The molecular formula is C29H41F3N2O3. The van der Waals surface area contributed by atoms with Crippen molar-refractivity contribution in [3.05, 3.63) is 41.0 Å². The summed E-state index contributed by atoms with van der Waals surface area (Å²) in [7, 11) is 0. The van der Waals surface area contributed by atoms with Crippen molar-refractivity contribution in [1.29, 1.82) is 0 Å². The van der Waals surface area contributed by atoms with Crippen LogP contribution in [0, 0.1) is 11.8 Å². The first-order valence-corrected chi connectivity index (χ1v) is 13.5. The molecule has 1 N–H and O–H groups in total. The van der Waals surface area contributed by atoms with Crippen LogP contribution in [0.3, 0.4) is 0 Å². The summed E-state index contributed by atoms with van der Waals surface area (Å²) < 4.78 is 38.9. The van der Waals surface area contributed by atoms with Crippen molar-refractivity contribution in [1.82, 2.24) is 10.2 Å². The summed E-state index contributed by atoms with van der Waals surface area (Å²) in [4.78, 5) is 21.9. The van der Waals surface area contributed by atoms with Crippen LogP contribution in [0.2, 0.25) is 0 Å². The second-order valence-electron chi connectivity index (χ2n) is 10.6. The molecule has 2 saturated heterocycles. The first kappa shape index (κ1) is 29.4. The highest BCUT2D eigenvalue weighted by atomic mass is 19.4. The summed E-state index contributed by atoms with van der Waals surface area (Å²) in [5.41, 5.74) is 4.29. The molecule has 1 amide bonds. The minimum Gasteiger partial charge on any atom is -0.375 e. The molecule has 1 aromatic rings. The Balaban J connectivity index is 0.000000369. The molecule has 5 rings (SSSR count). The number of hydrogen-bond donors (Lipinski definition) is 1. The average molecular weight is 523 g/mol. The molecular weight excluding hydrogens is 481 g/mol. The summed E-state index contributed by atoms with van der Waals surface area (Å²) in [5, 5.41) is 3.27. The Morgan fingerprint density at radius 1 is 1.16 bits per heavy atom. The Kier molecular flexibility index (Phi) is 10.4. The van der Waals surface area contributed by atoms with E-state index in [0.29, 0.717) is 24.0 Å². The Labute approximate surface area is 218 Å². The molecule has 1 saturated carbocycles. The fraction of sp³-hybridized carbons (Fsp3) is 0.655. The van der Waals surface area contributed by atoms with E-state index < -0.39 is 12.6 Å². The van der Waals surface area contributed by atoms with Gasteiger partial charge >= 0.3 is 6.18 Å². The molecule has 2 aliphatic carbocycles. The molecule has 5 nitrogen and oxygen atoms in total. The molecule has 3 fully saturated rings. The van der Waals surface area contributed by atoms with Crippen molar-refractivity contribution >= 4 is 19.3 Å². The zero-order valence-corrected chi connectivity index (χ0v) is 22.1. The van der Waals surface area contributed by atoms with Gasteiger partial charge in [-0.05, 0) is 73.5 Å². The Hall–Kier alpha value is -2.19. The fourth-order valence-electron chi connectivity index (χ4n) is 6.82. The molecule has 4 aliphatic rings. The minimum absolute atomic E-state index is 0.00604. The third kappa shape index (κ3) is 7.02. The summed E-state index contributed by atoms with van der Waals surface area (Å²) in [6.07, 6.45) is 8.49. The summed E-state index contributed by atoms with van der Waals surface area (Å²) in [6, 6.07) is 7.63. The summed E-state index contributed by atoms with van der Waals surface area (Å²) in [6.45, 7) is 8.77. The molecule has 4 bridgehead atoms. The molecule has 0 aromatic heterocycles. The minimum atomic E-state index is -3.95. The van der Waals surface area contributed by atoms with E-state index in [1.807, 2.05) is 6.79 Å². The molecule has 0 radical (unpaired) electrons. The number of carbonyl (C=O) groups is 2. The van der Waals surface area contributed by atoms with Crippen molar-refractivity contribution in [3.8, 4) is 0 Å². The predicted octanol–water partition coefficient (Wildman–Crippen LogP) is 5.36. The largest absolute Gasteiger partial charge is 0.389 e. The molecule has 206 valence electrons. The number of nitrogens with zero attached hydrogens (tertiary/aromatic N) is 1. The van der Waals surface area contributed by atoms with E-state index in [1.165, 1.54) is 42.9 Å². The SMILES string of the molecule is C=O.CCCC(F)(F)F.CC[C@]1(NC=O)[C@@H]2CC[C@H]1Cc1ccc(/C=C/CN3CC4CC3CO4)cc1C2. The van der Waals surface area contributed by atoms with E-state index in [-0.39, 0.29) is 12.0 Å². The lowest BCUT2D eigenvalue weighted by atomic mass is 9.77. The number of nitrogens with one attached hydrogen (secondary N) is 1. The standard InChI is InChI=1S/C24H32N2O2.C4H7F3.CH2O/c1-2-24(25-16-27)20-7-8-21(24)12-19-10-17(5-6-18(19)11-20)4-3-9-26-14-23-13-22(26)15-28-23;1-2-3-4(5,6)7;1-2/h3-6,10,16,20-23H,2,7-9,11-15H2,1H3,(H,25,27);2-3H2,1H3;1H2/b4-3+;;/t20-,21+,22?,23?,24+;;/m0../s1. The van der Waals surface area contributed by atoms with Crippen LogP contribution in [0.25, 0.3) is 6.08 Å². The van der Waals surface area contributed by atoms with Gasteiger partial charge in [0.15, 0.2) is 0 Å². The second-order valence-corrected chi connectivity index (χ2v) is 10.6. The number of ether oxygens (including phenoxy) is 1. The number of benzene rings is 1. The number of amides is 1. The van der Waals surface area contributed by atoms with Gasteiger partial charge in [0.2, 0.25) is 6.41 Å². The Morgan fingerprint density at radius 3 is 2.38 bits per heavy atom. The van der Waals surface area contributed by atoms with Gasteiger partial charge in [0.25, 0.3) is 0 Å². The predicted molar refractivity (Wildman–Crippen MR) is 139 cm³/mol. The molecule has 1 aromatic carbocycles. The smallest absolute Gasteiger partial charge is 0.375 e. The lowest BCUT2D eigenvalue weighted by Crippen LogP contribution is -2.52. The normalized spacial score (nSPS) is 30.1. The number of halogens is 3.